The summed E-state index contributed by atoms with van der Waals surface area (Å²) in [5.41, 5.74) is 5.36. The topological polar surface area (TPSA) is 109 Å². The molecule has 2 heterocycles. The fraction of sp³-hybridized carbons (Fsp3) is 0.895. The average Bonchev–Trinajstić information content (AvgIpc) is 2.54. The highest BCUT2D eigenvalue weighted by Gasteiger charge is 2.33. The maximum atomic E-state index is 11.3. The highest BCUT2D eigenvalue weighted by atomic mass is 16.6. The summed E-state index contributed by atoms with van der Waals surface area (Å²) in [7, 11) is 1.62. The fourth-order valence-electron chi connectivity index (χ4n) is 2.74. The van der Waals surface area contributed by atoms with Crippen LogP contribution in [0, 0.1) is 5.92 Å². The van der Waals surface area contributed by atoms with E-state index in [9.17, 15) is 9.59 Å². The van der Waals surface area contributed by atoms with Crippen molar-refractivity contribution in [2.45, 2.75) is 45.3 Å². The minimum atomic E-state index is -0.455. The van der Waals surface area contributed by atoms with Gasteiger partial charge in [-0.3, -0.25) is 0 Å². The highest BCUT2D eigenvalue weighted by Crippen LogP contribution is 2.17. The Morgan fingerprint density at radius 3 is 2.36 bits per heavy atom. The molecular weight excluding hydrogens is 364 g/mol. The zero-order valence-electron chi connectivity index (χ0n) is 17.8. The quantitative estimate of drug-likeness (QED) is 0.366. The van der Waals surface area contributed by atoms with Gasteiger partial charge >= 0.3 is 6.09 Å². The Balaban J connectivity index is 0.000000283. The molecule has 2 saturated heterocycles. The lowest BCUT2D eigenvalue weighted by Crippen LogP contribution is -2.52. The van der Waals surface area contributed by atoms with Gasteiger partial charge in [0.05, 0.1) is 19.1 Å². The first-order chi connectivity index (χ1) is 13.1. The molecule has 164 valence electrons. The van der Waals surface area contributed by atoms with Crippen LogP contribution in [0.5, 0.6) is 0 Å². The molecule has 1 amide bonds. The van der Waals surface area contributed by atoms with Gasteiger partial charge in [0.25, 0.3) is 0 Å². The number of carbonyl (C=O) groups excluding carboxylic acids is 2. The number of piperidine rings is 1. The van der Waals surface area contributed by atoms with Gasteiger partial charge in [0.2, 0.25) is 0 Å². The second-order valence-corrected chi connectivity index (χ2v) is 8.45. The fourth-order valence-corrected chi connectivity index (χ4v) is 2.74. The van der Waals surface area contributed by atoms with E-state index in [0.29, 0.717) is 32.3 Å². The third kappa shape index (κ3) is 10.9. The number of amides is 1. The molecule has 0 spiro atoms. The Hall–Kier alpha value is -1.26. The molecule has 9 heteroatoms. The number of nitrogens with zero attached hydrogens (tertiary/aromatic N) is 3. The molecule has 0 saturated carbocycles. The zero-order valence-corrected chi connectivity index (χ0v) is 17.8. The molecule has 2 aliphatic rings. The van der Waals surface area contributed by atoms with Crippen LogP contribution < -0.4 is 5.73 Å². The van der Waals surface area contributed by atoms with Gasteiger partial charge in [-0.2, -0.15) is 5.06 Å². The van der Waals surface area contributed by atoms with Gasteiger partial charge in [-0.05, 0) is 46.7 Å². The molecule has 0 bridgehead atoms. The summed E-state index contributed by atoms with van der Waals surface area (Å²) in [6, 6.07) is 0.394. The van der Waals surface area contributed by atoms with Crippen molar-refractivity contribution in [3.8, 4) is 0 Å². The molecule has 0 atom stereocenters. The molecule has 0 radical (unpaired) electrons. The Bertz CT molecular complexity index is 456. The largest absolute Gasteiger partial charge is 0.444 e. The zero-order chi connectivity index (χ0) is 21.2. The van der Waals surface area contributed by atoms with E-state index in [1.165, 1.54) is 4.90 Å². The molecule has 2 fully saturated rings. The predicted molar refractivity (Wildman–Crippen MR) is 106 cm³/mol. The summed E-state index contributed by atoms with van der Waals surface area (Å²) in [6.45, 7) is 11.5. The van der Waals surface area contributed by atoms with Crippen LogP contribution in [0.4, 0.5) is 4.79 Å². The number of ether oxygens (including phenoxy) is 2. The van der Waals surface area contributed by atoms with Crippen molar-refractivity contribution in [1.29, 1.82) is 0 Å². The molecule has 2 rings (SSSR count). The molecule has 0 aromatic carbocycles. The van der Waals surface area contributed by atoms with Crippen LogP contribution in [0.3, 0.4) is 0 Å². The summed E-state index contributed by atoms with van der Waals surface area (Å²) < 4.78 is 10.5. The lowest BCUT2D eigenvalue weighted by atomic mass is 10.0. The smallest absolute Gasteiger partial charge is 0.410 e. The number of rotatable bonds is 7. The summed E-state index contributed by atoms with van der Waals surface area (Å²) in [6.07, 6.45) is 2.74. The first-order valence-electron chi connectivity index (χ1n) is 9.99. The lowest BCUT2D eigenvalue weighted by Gasteiger charge is -2.36. The second-order valence-electron chi connectivity index (χ2n) is 8.45. The van der Waals surface area contributed by atoms with E-state index in [0.717, 1.165) is 50.4 Å². The third-order valence-corrected chi connectivity index (χ3v) is 4.50. The number of hydrogen-bond donors (Lipinski definition) is 2. The molecule has 3 N–H and O–H groups in total. The third-order valence-electron chi connectivity index (χ3n) is 4.50. The maximum Gasteiger partial charge on any atom is 0.410 e. The van der Waals surface area contributed by atoms with Crippen molar-refractivity contribution in [1.82, 2.24) is 14.9 Å². The molecule has 9 nitrogen and oxygen atoms in total. The molecule has 28 heavy (non-hydrogen) atoms. The van der Waals surface area contributed by atoms with E-state index in [-0.39, 0.29) is 12.0 Å². The van der Waals surface area contributed by atoms with E-state index in [2.05, 4.69) is 4.90 Å². The SMILES string of the molecule is CC(C)(C)OC(=O)N1CC(C=O)C1.CN(O)CCOCCN1CCC(N)CC1. The van der Waals surface area contributed by atoms with Crippen LogP contribution in [0.25, 0.3) is 0 Å². The number of aldehydes is 1. The normalized spacial score (nSPS) is 19.0. The number of likely N-dealkylation sites (N-methyl/N-ethyl adjacent to an activating group) is 1. The van der Waals surface area contributed by atoms with Gasteiger partial charge in [-0.15, -0.1) is 0 Å². The first kappa shape index (κ1) is 24.8. The van der Waals surface area contributed by atoms with Crippen LogP contribution in [-0.4, -0.2) is 104 Å². The van der Waals surface area contributed by atoms with Crippen LogP contribution in [0.15, 0.2) is 0 Å². The molecule has 0 aromatic rings. The standard InChI is InChI=1S/C10H23N3O2.C9H15NO3/c1-12(14)6-8-15-9-7-13-4-2-10(11)3-5-13;1-9(2,3)13-8(12)10-4-7(5-10)6-11/h10,14H,2-9,11H2,1H3;6-7H,4-5H2,1-3H3. The second kappa shape index (κ2) is 12.3. The average molecular weight is 403 g/mol. The van der Waals surface area contributed by atoms with Gasteiger partial charge in [-0.1, -0.05) is 0 Å². The first-order valence-corrected chi connectivity index (χ1v) is 9.99. The summed E-state index contributed by atoms with van der Waals surface area (Å²) in [5, 5.41) is 10.00. The van der Waals surface area contributed by atoms with Gasteiger partial charge in [-0.25, -0.2) is 4.79 Å². The Labute approximate surface area is 168 Å². The minimum Gasteiger partial charge on any atom is -0.444 e. The van der Waals surface area contributed by atoms with Crippen LogP contribution in [0.1, 0.15) is 33.6 Å². The molecule has 0 unspecified atom stereocenters. The van der Waals surface area contributed by atoms with E-state index in [4.69, 9.17) is 20.4 Å². The highest BCUT2D eigenvalue weighted by molar-refractivity contribution is 5.71. The van der Waals surface area contributed by atoms with Gasteiger partial charge in [0.15, 0.2) is 0 Å². The summed E-state index contributed by atoms with van der Waals surface area (Å²) in [5.74, 6) is 0.00696. The number of carbonyl (C=O) groups is 2. The van der Waals surface area contributed by atoms with E-state index >= 15 is 0 Å². The molecule has 0 aliphatic carbocycles. The Morgan fingerprint density at radius 2 is 1.86 bits per heavy atom. The van der Waals surface area contributed by atoms with Gasteiger partial charge < -0.3 is 35.0 Å². The molecule has 0 aromatic heterocycles. The molecule has 2 aliphatic heterocycles. The van der Waals surface area contributed by atoms with Crippen molar-refractivity contribution in [2.24, 2.45) is 11.7 Å². The number of hydroxylamine groups is 2. The van der Waals surface area contributed by atoms with Crippen molar-refractivity contribution in [2.75, 3.05) is 59.5 Å². The number of hydrogen-bond acceptors (Lipinski definition) is 8. The van der Waals surface area contributed by atoms with Crippen LogP contribution in [0.2, 0.25) is 0 Å². The van der Waals surface area contributed by atoms with Crippen LogP contribution >= 0.6 is 0 Å². The van der Waals surface area contributed by atoms with Crippen molar-refractivity contribution in [3.63, 3.8) is 0 Å². The number of likely N-dealkylation sites (tertiary alicyclic amines) is 2. The van der Waals surface area contributed by atoms with E-state index < -0.39 is 5.60 Å². The predicted octanol–water partition coefficient (Wildman–Crippen LogP) is 0.799. The monoisotopic (exact) mass is 402 g/mol. The molecular formula is C19H38N4O5. The summed E-state index contributed by atoms with van der Waals surface area (Å²) >= 11 is 0. The Morgan fingerprint density at radius 1 is 1.25 bits per heavy atom. The van der Waals surface area contributed by atoms with Crippen molar-refractivity contribution in [3.05, 3.63) is 0 Å². The van der Waals surface area contributed by atoms with E-state index in [1.807, 2.05) is 20.8 Å². The van der Waals surface area contributed by atoms with Crippen molar-refractivity contribution >= 4 is 12.4 Å². The van der Waals surface area contributed by atoms with E-state index in [1.54, 1.807) is 7.05 Å². The van der Waals surface area contributed by atoms with Crippen molar-refractivity contribution < 1.29 is 24.3 Å². The Kier molecular flexibility index (Phi) is 10.9. The van der Waals surface area contributed by atoms with Crippen LogP contribution in [-0.2, 0) is 14.3 Å². The lowest BCUT2D eigenvalue weighted by molar-refractivity contribution is -0.115. The maximum absolute atomic E-state index is 11.3. The minimum absolute atomic E-state index is 0.00696. The number of nitrogens with two attached hydrogens (primary N) is 1. The van der Waals surface area contributed by atoms with Gasteiger partial charge in [0.1, 0.15) is 11.9 Å². The summed E-state index contributed by atoms with van der Waals surface area (Å²) in [4.78, 5) is 25.5. The van der Waals surface area contributed by atoms with Gasteiger partial charge in [0, 0.05) is 39.3 Å².